The molecule has 1 N–H and O–H groups in total. The van der Waals surface area contributed by atoms with Gasteiger partial charge in [0, 0.05) is 32.6 Å². The predicted octanol–water partition coefficient (Wildman–Crippen LogP) is 7.07. The summed E-state index contributed by atoms with van der Waals surface area (Å²) >= 11 is 14.9. The third-order valence-electron chi connectivity index (χ3n) is 6.75. The van der Waals surface area contributed by atoms with Gasteiger partial charge in [-0.3, -0.25) is 9.59 Å². The molecule has 2 amide bonds. The van der Waals surface area contributed by atoms with Crippen molar-refractivity contribution in [3.05, 3.63) is 97.5 Å². The summed E-state index contributed by atoms with van der Waals surface area (Å²) < 4.78 is 6.91. The Labute approximate surface area is 248 Å². The standard InChI is InChI=1S/C30H31Cl2IN2O3/c31-23-12-11-22(27(32)18-23)19-35(29(36)20-38-26-15-13-24(33)14-16-26)28(17-21-7-3-1-4-8-21)30(37)34-25-9-5-2-6-10-25/h1,3-4,7-8,11-16,18,25,28H,2,5-6,9-10,17,19-20H2,(H,34,37)/t28-/m0/s1. The molecule has 0 spiro atoms. The Hall–Kier alpha value is -2.29. The largest absolute Gasteiger partial charge is 0.484 e. The van der Waals surface area contributed by atoms with Crippen LogP contribution in [0.4, 0.5) is 0 Å². The minimum atomic E-state index is -0.737. The summed E-state index contributed by atoms with van der Waals surface area (Å²) in [6.07, 6.45) is 5.67. The fourth-order valence-electron chi connectivity index (χ4n) is 4.69. The lowest BCUT2D eigenvalue weighted by molar-refractivity contribution is -0.143. The molecule has 1 atom stereocenters. The van der Waals surface area contributed by atoms with Crippen LogP contribution in [-0.4, -0.2) is 35.4 Å². The van der Waals surface area contributed by atoms with Crippen molar-refractivity contribution in [2.24, 2.45) is 0 Å². The third kappa shape index (κ3) is 8.35. The van der Waals surface area contributed by atoms with E-state index in [1.54, 1.807) is 23.1 Å². The molecular formula is C30H31Cl2IN2O3. The number of rotatable bonds is 10. The molecule has 3 aromatic rings. The van der Waals surface area contributed by atoms with Gasteiger partial charge in [0.05, 0.1) is 0 Å². The second kappa shape index (κ2) is 14.2. The minimum Gasteiger partial charge on any atom is -0.484 e. The highest BCUT2D eigenvalue weighted by atomic mass is 127. The van der Waals surface area contributed by atoms with Gasteiger partial charge in [-0.25, -0.2) is 0 Å². The number of carbonyl (C=O) groups is 2. The number of hydrogen-bond donors (Lipinski definition) is 1. The Bertz CT molecular complexity index is 1220. The molecule has 200 valence electrons. The van der Waals surface area contributed by atoms with Crippen molar-refractivity contribution < 1.29 is 14.3 Å². The van der Waals surface area contributed by atoms with Crippen LogP contribution in [0, 0.1) is 3.57 Å². The number of nitrogens with zero attached hydrogens (tertiary/aromatic N) is 1. The van der Waals surface area contributed by atoms with Crippen LogP contribution < -0.4 is 10.1 Å². The Morgan fingerprint density at radius 3 is 2.37 bits per heavy atom. The molecule has 0 unspecified atom stereocenters. The van der Waals surface area contributed by atoms with Gasteiger partial charge in [-0.05, 0) is 83.0 Å². The van der Waals surface area contributed by atoms with Crippen molar-refractivity contribution in [2.45, 2.75) is 57.2 Å². The van der Waals surface area contributed by atoms with Gasteiger partial charge in [0.1, 0.15) is 11.8 Å². The number of nitrogens with one attached hydrogen (secondary N) is 1. The topological polar surface area (TPSA) is 58.6 Å². The lowest BCUT2D eigenvalue weighted by Gasteiger charge is -2.33. The van der Waals surface area contributed by atoms with E-state index in [-0.39, 0.29) is 31.0 Å². The maximum Gasteiger partial charge on any atom is 0.261 e. The van der Waals surface area contributed by atoms with Crippen LogP contribution in [0.5, 0.6) is 5.75 Å². The molecule has 0 saturated heterocycles. The number of carbonyl (C=O) groups excluding carboxylic acids is 2. The van der Waals surface area contributed by atoms with E-state index in [0.717, 1.165) is 34.8 Å². The number of benzene rings is 3. The molecule has 0 aromatic heterocycles. The summed E-state index contributed by atoms with van der Waals surface area (Å²) in [4.78, 5) is 29.1. The van der Waals surface area contributed by atoms with E-state index in [1.165, 1.54) is 6.42 Å². The minimum absolute atomic E-state index is 0.119. The number of hydrogen-bond acceptors (Lipinski definition) is 3. The summed E-state index contributed by atoms with van der Waals surface area (Å²) in [6.45, 7) is -0.0474. The van der Waals surface area contributed by atoms with E-state index in [4.69, 9.17) is 27.9 Å². The van der Waals surface area contributed by atoms with Gasteiger partial charge in [0.25, 0.3) is 5.91 Å². The Morgan fingerprint density at radius 1 is 0.974 bits per heavy atom. The molecule has 8 heteroatoms. The predicted molar refractivity (Wildman–Crippen MR) is 161 cm³/mol. The van der Waals surface area contributed by atoms with Crippen molar-refractivity contribution >= 4 is 57.6 Å². The molecule has 1 aliphatic rings. The molecule has 3 aromatic carbocycles. The van der Waals surface area contributed by atoms with Gasteiger partial charge in [-0.1, -0.05) is 78.9 Å². The maximum absolute atomic E-state index is 13.8. The zero-order valence-electron chi connectivity index (χ0n) is 21.0. The number of amides is 2. The van der Waals surface area contributed by atoms with Gasteiger partial charge in [0.2, 0.25) is 5.91 Å². The fourth-order valence-corrected chi connectivity index (χ4v) is 5.52. The highest BCUT2D eigenvalue weighted by Crippen LogP contribution is 2.25. The SMILES string of the molecule is O=C(NC1CCCCC1)[C@H](Cc1ccccc1)N(Cc1ccc(Cl)cc1Cl)C(=O)COc1ccc(I)cc1. The normalized spacial score (nSPS) is 14.5. The van der Waals surface area contributed by atoms with Gasteiger partial charge in [0.15, 0.2) is 6.61 Å². The van der Waals surface area contributed by atoms with E-state index in [1.807, 2.05) is 54.6 Å². The molecular weight excluding hydrogens is 634 g/mol. The van der Waals surface area contributed by atoms with Gasteiger partial charge >= 0.3 is 0 Å². The van der Waals surface area contributed by atoms with Crippen LogP contribution in [0.2, 0.25) is 10.0 Å². The lowest BCUT2D eigenvalue weighted by Crippen LogP contribution is -2.53. The highest BCUT2D eigenvalue weighted by Gasteiger charge is 2.32. The molecule has 1 aliphatic carbocycles. The van der Waals surface area contributed by atoms with Crippen LogP contribution >= 0.6 is 45.8 Å². The summed E-state index contributed by atoms with van der Waals surface area (Å²) in [5.74, 6) is 0.136. The summed E-state index contributed by atoms with van der Waals surface area (Å²) in [5.41, 5.74) is 1.68. The van der Waals surface area contributed by atoms with Crippen molar-refractivity contribution in [3.63, 3.8) is 0 Å². The van der Waals surface area contributed by atoms with E-state index < -0.39 is 6.04 Å². The van der Waals surface area contributed by atoms with Gasteiger partial charge in [-0.15, -0.1) is 0 Å². The van der Waals surface area contributed by atoms with Crippen LogP contribution in [0.1, 0.15) is 43.2 Å². The van der Waals surface area contributed by atoms with Gasteiger partial charge < -0.3 is 15.0 Å². The second-order valence-electron chi connectivity index (χ2n) is 9.55. The molecule has 5 nitrogen and oxygen atoms in total. The smallest absolute Gasteiger partial charge is 0.261 e. The van der Waals surface area contributed by atoms with E-state index in [2.05, 4.69) is 27.9 Å². The van der Waals surface area contributed by atoms with Crippen molar-refractivity contribution in [1.29, 1.82) is 0 Å². The van der Waals surface area contributed by atoms with Gasteiger partial charge in [-0.2, -0.15) is 0 Å². The first kappa shape index (κ1) is 28.7. The molecule has 38 heavy (non-hydrogen) atoms. The first-order valence-corrected chi connectivity index (χ1v) is 14.7. The Morgan fingerprint density at radius 2 is 1.68 bits per heavy atom. The summed E-state index contributed by atoms with van der Waals surface area (Å²) in [5, 5.41) is 4.19. The Balaban J connectivity index is 1.62. The monoisotopic (exact) mass is 664 g/mol. The zero-order chi connectivity index (χ0) is 26.9. The zero-order valence-corrected chi connectivity index (χ0v) is 24.7. The average Bonchev–Trinajstić information content (AvgIpc) is 2.92. The van der Waals surface area contributed by atoms with E-state index in [9.17, 15) is 9.59 Å². The molecule has 0 radical (unpaired) electrons. The third-order valence-corrected chi connectivity index (χ3v) is 8.06. The second-order valence-corrected chi connectivity index (χ2v) is 11.6. The van der Waals surface area contributed by atoms with Crippen LogP contribution in [-0.2, 0) is 22.6 Å². The molecule has 4 rings (SSSR count). The lowest BCUT2D eigenvalue weighted by atomic mass is 9.94. The maximum atomic E-state index is 13.8. The molecule has 0 heterocycles. The fraction of sp³-hybridized carbons (Fsp3) is 0.333. The molecule has 0 aliphatic heterocycles. The van der Waals surface area contributed by atoms with Crippen LogP contribution in [0.3, 0.4) is 0 Å². The Kier molecular flexibility index (Phi) is 10.7. The first-order chi connectivity index (χ1) is 18.4. The number of halogens is 3. The highest BCUT2D eigenvalue weighted by molar-refractivity contribution is 14.1. The van der Waals surface area contributed by atoms with Crippen LogP contribution in [0.15, 0.2) is 72.8 Å². The quantitative estimate of drug-likeness (QED) is 0.236. The van der Waals surface area contributed by atoms with E-state index in [0.29, 0.717) is 27.8 Å². The van der Waals surface area contributed by atoms with Crippen molar-refractivity contribution in [2.75, 3.05) is 6.61 Å². The molecule has 1 fully saturated rings. The number of ether oxygens (including phenoxy) is 1. The van der Waals surface area contributed by atoms with Crippen molar-refractivity contribution in [1.82, 2.24) is 10.2 Å². The first-order valence-electron chi connectivity index (χ1n) is 12.8. The summed E-state index contributed by atoms with van der Waals surface area (Å²) in [6, 6.07) is 21.8. The van der Waals surface area contributed by atoms with Crippen LogP contribution in [0.25, 0.3) is 0 Å². The summed E-state index contributed by atoms with van der Waals surface area (Å²) in [7, 11) is 0. The average molecular weight is 665 g/mol. The van der Waals surface area contributed by atoms with E-state index >= 15 is 0 Å². The molecule has 0 bridgehead atoms. The molecule has 1 saturated carbocycles. The van der Waals surface area contributed by atoms with Crippen molar-refractivity contribution in [3.8, 4) is 5.75 Å².